The smallest absolute Gasteiger partial charge is 0.407 e. The third-order valence-electron chi connectivity index (χ3n) is 9.29. The number of aromatic nitrogens is 2. The molecule has 3 aliphatic rings. The predicted molar refractivity (Wildman–Crippen MR) is 175 cm³/mol. The highest BCUT2D eigenvalue weighted by Gasteiger charge is 2.39. The van der Waals surface area contributed by atoms with Gasteiger partial charge in [0.25, 0.3) is 5.91 Å². The van der Waals surface area contributed by atoms with Crippen molar-refractivity contribution in [3.8, 4) is 22.9 Å². The molecule has 1 aromatic heterocycles. The van der Waals surface area contributed by atoms with E-state index in [0.29, 0.717) is 37.5 Å². The largest absolute Gasteiger partial charge is 0.478 e. The molecule has 1 saturated carbocycles. The highest BCUT2D eigenvalue weighted by Crippen LogP contribution is 2.34. The van der Waals surface area contributed by atoms with E-state index in [1.54, 1.807) is 37.1 Å². The number of amides is 3. The number of hydrogen-bond acceptors (Lipinski definition) is 7. The van der Waals surface area contributed by atoms with E-state index in [-0.39, 0.29) is 36.9 Å². The zero-order valence-electron chi connectivity index (χ0n) is 26.9. The number of nitrogens with zero attached hydrogens (tertiary/aromatic N) is 6. The van der Waals surface area contributed by atoms with Crippen molar-refractivity contribution >= 4 is 23.6 Å². The molecule has 0 radical (unpaired) electrons. The molecule has 0 spiro atoms. The summed E-state index contributed by atoms with van der Waals surface area (Å²) in [5, 5.41) is 26.0. The van der Waals surface area contributed by atoms with Gasteiger partial charge in [-0.15, -0.1) is 0 Å². The van der Waals surface area contributed by atoms with Crippen molar-refractivity contribution in [2.75, 3.05) is 44.2 Å². The number of hydrogen-bond donors (Lipinski definition) is 2. The quantitative estimate of drug-likeness (QED) is 0.352. The van der Waals surface area contributed by atoms with Crippen LogP contribution in [0.5, 0.6) is 5.75 Å². The summed E-state index contributed by atoms with van der Waals surface area (Å²) in [5.41, 5.74) is 3.14. The van der Waals surface area contributed by atoms with E-state index in [1.807, 2.05) is 17.2 Å². The summed E-state index contributed by atoms with van der Waals surface area (Å²) in [4.78, 5) is 45.8. The predicted octanol–water partition coefficient (Wildman–Crippen LogP) is 4.34. The lowest BCUT2D eigenvalue weighted by molar-refractivity contribution is -0.147. The summed E-state index contributed by atoms with van der Waals surface area (Å²) in [6, 6.07) is 16.0. The second kappa shape index (κ2) is 13.4. The van der Waals surface area contributed by atoms with Gasteiger partial charge in [-0.2, -0.15) is 10.4 Å². The minimum atomic E-state index is -1.24. The maximum absolute atomic E-state index is 14.0. The molecule has 47 heavy (non-hydrogen) atoms. The van der Waals surface area contributed by atoms with Crippen LogP contribution >= 0.6 is 0 Å². The van der Waals surface area contributed by atoms with Gasteiger partial charge in [-0.05, 0) is 62.8 Å². The number of rotatable bonds is 9. The first kappa shape index (κ1) is 31.9. The molecular formula is C35H41N7O5. The van der Waals surface area contributed by atoms with Gasteiger partial charge in [0.15, 0.2) is 5.60 Å². The second-order valence-electron chi connectivity index (χ2n) is 13.2. The van der Waals surface area contributed by atoms with Crippen LogP contribution in [0.4, 0.5) is 10.5 Å². The molecule has 1 aliphatic carbocycles. The lowest BCUT2D eigenvalue weighted by Gasteiger charge is -2.38. The minimum Gasteiger partial charge on any atom is -0.478 e. The Morgan fingerprint density at radius 3 is 2.38 bits per heavy atom. The van der Waals surface area contributed by atoms with Gasteiger partial charge in [0.05, 0.1) is 23.7 Å². The SMILES string of the molecule is CC(C)(Oc1cc(C#N)cc(N2CCCC(C(=O)N(Cc3ccc(-c4cn[nH]c4)cc3)C3CC3)C2)c1)C(=O)N1CCN(C(=O)O)CC1. The van der Waals surface area contributed by atoms with Crippen LogP contribution in [0.2, 0.25) is 0 Å². The van der Waals surface area contributed by atoms with Crippen LogP contribution in [0.15, 0.2) is 54.9 Å². The van der Waals surface area contributed by atoms with Gasteiger partial charge < -0.3 is 29.4 Å². The van der Waals surface area contributed by atoms with Crippen LogP contribution in [0, 0.1) is 17.2 Å². The maximum atomic E-state index is 14.0. The fourth-order valence-electron chi connectivity index (χ4n) is 6.54. The van der Waals surface area contributed by atoms with Gasteiger partial charge in [-0.1, -0.05) is 24.3 Å². The Kier molecular flexibility index (Phi) is 9.07. The number of H-pyrrole nitrogens is 1. The van der Waals surface area contributed by atoms with Gasteiger partial charge in [0.2, 0.25) is 5.91 Å². The maximum Gasteiger partial charge on any atom is 0.407 e. The van der Waals surface area contributed by atoms with Crippen LogP contribution in [0.3, 0.4) is 0 Å². The lowest BCUT2D eigenvalue weighted by Crippen LogP contribution is -2.56. The van der Waals surface area contributed by atoms with E-state index in [0.717, 1.165) is 54.6 Å². The van der Waals surface area contributed by atoms with Gasteiger partial charge in [0.1, 0.15) is 5.75 Å². The Hall–Kier alpha value is -5.05. The van der Waals surface area contributed by atoms with E-state index < -0.39 is 11.7 Å². The number of nitriles is 1. The fraction of sp³-hybridized carbons (Fsp3) is 0.457. The number of piperazine rings is 1. The number of carbonyl (C=O) groups is 3. The van der Waals surface area contributed by atoms with Crippen LogP contribution in [-0.4, -0.2) is 98.8 Å². The van der Waals surface area contributed by atoms with Gasteiger partial charge in [0, 0.05) is 75.4 Å². The van der Waals surface area contributed by atoms with Crippen molar-refractivity contribution in [2.24, 2.45) is 5.92 Å². The Morgan fingerprint density at radius 2 is 1.74 bits per heavy atom. The summed E-state index contributed by atoms with van der Waals surface area (Å²) >= 11 is 0. The number of carboxylic acid groups (broad SMARTS) is 1. The Balaban J connectivity index is 1.13. The van der Waals surface area contributed by atoms with Crippen molar-refractivity contribution < 1.29 is 24.2 Å². The molecule has 1 atom stereocenters. The molecule has 12 heteroatoms. The topological polar surface area (TPSA) is 146 Å². The first-order chi connectivity index (χ1) is 22.6. The van der Waals surface area contributed by atoms with E-state index in [9.17, 15) is 24.8 Å². The summed E-state index contributed by atoms with van der Waals surface area (Å²) < 4.78 is 6.24. The Morgan fingerprint density at radius 1 is 1.02 bits per heavy atom. The molecule has 2 aliphatic heterocycles. The summed E-state index contributed by atoms with van der Waals surface area (Å²) in [6.45, 7) is 6.29. The van der Waals surface area contributed by atoms with Crippen molar-refractivity contribution in [3.63, 3.8) is 0 Å². The molecule has 0 bridgehead atoms. The standard InChI is InChI=1S/C35H41N7O5/c1-35(2,33(44)39-12-14-40(15-13-39)34(45)46)47-31-17-25(19-36)16-30(18-31)41-11-3-4-27(23-41)32(43)42(29-9-10-29)22-24-5-7-26(8-6-24)28-20-37-38-21-28/h5-8,16-18,20-21,27,29H,3-4,9-15,22-23H2,1-2H3,(H,37,38)(H,45,46). The van der Waals surface area contributed by atoms with Crippen LogP contribution < -0.4 is 9.64 Å². The highest BCUT2D eigenvalue weighted by atomic mass is 16.5. The number of anilines is 1. The fourth-order valence-corrected chi connectivity index (χ4v) is 6.54. The third kappa shape index (κ3) is 7.35. The molecule has 3 fully saturated rings. The molecule has 3 heterocycles. The average molecular weight is 640 g/mol. The first-order valence-corrected chi connectivity index (χ1v) is 16.3. The zero-order chi connectivity index (χ0) is 33.1. The lowest BCUT2D eigenvalue weighted by atomic mass is 9.95. The Bertz CT molecular complexity index is 1640. The van der Waals surface area contributed by atoms with Crippen LogP contribution in [-0.2, 0) is 16.1 Å². The van der Waals surface area contributed by atoms with E-state index >= 15 is 0 Å². The number of benzene rings is 2. The third-order valence-corrected chi connectivity index (χ3v) is 9.29. The zero-order valence-corrected chi connectivity index (χ0v) is 26.9. The molecule has 2 aromatic carbocycles. The molecule has 2 N–H and O–H groups in total. The first-order valence-electron chi connectivity index (χ1n) is 16.3. The van der Waals surface area contributed by atoms with Gasteiger partial charge in [-0.3, -0.25) is 14.7 Å². The molecule has 246 valence electrons. The van der Waals surface area contributed by atoms with Crippen LogP contribution in [0.25, 0.3) is 11.1 Å². The van der Waals surface area contributed by atoms with Gasteiger partial charge >= 0.3 is 6.09 Å². The molecule has 6 rings (SSSR count). The van der Waals surface area contributed by atoms with Crippen molar-refractivity contribution in [1.29, 1.82) is 5.26 Å². The molecule has 12 nitrogen and oxygen atoms in total. The monoisotopic (exact) mass is 639 g/mol. The summed E-state index contributed by atoms with van der Waals surface area (Å²) in [5.74, 6) is 0.144. The number of nitrogens with one attached hydrogen (secondary N) is 1. The van der Waals surface area contributed by atoms with E-state index in [1.165, 1.54) is 4.90 Å². The van der Waals surface area contributed by atoms with Crippen LogP contribution in [0.1, 0.15) is 50.7 Å². The number of carbonyl (C=O) groups excluding carboxylic acids is 2. The average Bonchev–Trinajstić information content (AvgIpc) is 3.78. The minimum absolute atomic E-state index is 0.166. The van der Waals surface area contributed by atoms with Crippen molar-refractivity contribution in [1.82, 2.24) is 24.9 Å². The Labute approximate surface area is 274 Å². The molecular weight excluding hydrogens is 598 g/mol. The number of aromatic amines is 1. The van der Waals surface area contributed by atoms with E-state index in [2.05, 4.69) is 45.4 Å². The molecule has 3 amide bonds. The summed E-state index contributed by atoms with van der Waals surface area (Å²) in [7, 11) is 0. The number of ether oxygens (including phenoxy) is 1. The molecule has 3 aromatic rings. The number of piperidine rings is 1. The van der Waals surface area contributed by atoms with Crippen molar-refractivity contribution in [2.45, 2.75) is 57.7 Å². The van der Waals surface area contributed by atoms with Crippen molar-refractivity contribution in [3.05, 3.63) is 66.0 Å². The second-order valence-corrected chi connectivity index (χ2v) is 13.2. The molecule has 1 unspecified atom stereocenters. The normalized spacial score (nSPS) is 18.4. The van der Waals surface area contributed by atoms with E-state index in [4.69, 9.17) is 4.74 Å². The van der Waals surface area contributed by atoms with Gasteiger partial charge in [-0.25, -0.2) is 4.79 Å². The summed E-state index contributed by atoms with van der Waals surface area (Å²) in [6.07, 6.45) is 6.34. The molecule has 2 saturated heterocycles. The highest BCUT2D eigenvalue weighted by molar-refractivity contribution is 5.85.